The molecule has 0 fully saturated rings. The number of anilines is 1. The Bertz CT molecular complexity index is 227. The molecule has 0 aliphatic rings. The van der Waals surface area contributed by atoms with Crippen molar-refractivity contribution >= 4 is 16.3 Å². The summed E-state index contributed by atoms with van der Waals surface area (Å²) in [5.74, 6) is 0. The monoisotopic (exact) mass is 167 g/mol. The zero-order chi connectivity index (χ0) is 7.78. The minimum absolute atomic E-state index is 0.174. The van der Waals surface area contributed by atoms with E-state index in [-0.39, 0.29) is 5.00 Å². The van der Waals surface area contributed by atoms with Crippen molar-refractivity contribution in [2.45, 2.75) is 6.18 Å². The second-order valence-corrected chi connectivity index (χ2v) is 2.64. The molecule has 56 valence electrons. The van der Waals surface area contributed by atoms with Gasteiger partial charge in [-0.3, -0.25) is 0 Å². The van der Waals surface area contributed by atoms with Crippen LogP contribution in [0.4, 0.5) is 18.2 Å². The average molecular weight is 167 g/mol. The molecule has 0 saturated heterocycles. The second kappa shape index (κ2) is 2.16. The molecule has 0 atom stereocenters. The van der Waals surface area contributed by atoms with Crippen molar-refractivity contribution in [2.75, 3.05) is 5.73 Å². The molecule has 10 heavy (non-hydrogen) atoms. The molecule has 0 aliphatic carbocycles. The van der Waals surface area contributed by atoms with Crippen molar-refractivity contribution in [3.8, 4) is 0 Å². The minimum atomic E-state index is -4.30. The highest BCUT2D eigenvalue weighted by atomic mass is 32.1. The van der Waals surface area contributed by atoms with Gasteiger partial charge in [-0.05, 0) is 11.4 Å². The van der Waals surface area contributed by atoms with Gasteiger partial charge in [-0.2, -0.15) is 13.2 Å². The summed E-state index contributed by atoms with van der Waals surface area (Å²) in [5, 5.41) is 1.14. The molecule has 1 heterocycles. The lowest BCUT2D eigenvalue weighted by Crippen LogP contribution is -2.05. The van der Waals surface area contributed by atoms with Gasteiger partial charge in [0.15, 0.2) is 0 Å². The lowest BCUT2D eigenvalue weighted by atomic mass is 10.3. The van der Waals surface area contributed by atoms with Crippen LogP contribution in [0.1, 0.15) is 5.56 Å². The first-order valence-corrected chi connectivity index (χ1v) is 3.30. The maximum Gasteiger partial charge on any atom is 0.419 e. The first-order chi connectivity index (χ1) is 4.52. The average Bonchev–Trinajstić information content (AvgIpc) is 2.11. The summed E-state index contributed by atoms with van der Waals surface area (Å²) < 4.78 is 35.4. The van der Waals surface area contributed by atoms with E-state index in [0.29, 0.717) is 0 Å². The maximum atomic E-state index is 11.8. The van der Waals surface area contributed by atoms with E-state index in [0.717, 1.165) is 17.4 Å². The first-order valence-electron chi connectivity index (χ1n) is 2.42. The second-order valence-electron chi connectivity index (χ2n) is 1.70. The fourth-order valence-corrected chi connectivity index (χ4v) is 1.22. The summed E-state index contributed by atoms with van der Waals surface area (Å²) in [4.78, 5) is 0. The zero-order valence-corrected chi connectivity index (χ0v) is 5.59. The van der Waals surface area contributed by atoms with Gasteiger partial charge in [0, 0.05) is 0 Å². The Hall–Kier alpha value is -0.710. The lowest BCUT2D eigenvalue weighted by molar-refractivity contribution is -0.136. The van der Waals surface area contributed by atoms with Gasteiger partial charge in [0.1, 0.15) is 0 Å². The number of rotatable bonds is 0. The lowest BCUT2D eigenvalue weighted by Gasteiger charge is -2.02. The van der Waals surface area contributed by atoms with Crippen molar-refractivity contribution in [2.24, 2.45) is 0 Å². The van der Waals surface area contributed by atoms with E-state index in [4.69, 9.17) is 5.73 Å². The van der Waals surface area contributed by atoms with Crippen LogP contribution < -0.4 is 5.73 Å². The van der Waals surface area contributed by atoms with Crippen LogP contribution in [0.15, 0.2) is 11.4 Å². The zero-order valence-electron chi connectivity index (χ0n) is 4.77. The number of halogens is 3. The number of hydrogen-bond acceptors (Lipinski definition) is 2. The molecule has 0 spiro atoms. The molecule has 0 aliphatic heterocycles. The number of alkyl halides is 3. The molecule has 0 unspecified atom stereocenters. The predicted octanol–water partition coefficient (Wildman–Crippen LogP) is 2.35. The van der Waals surface area contributed by atoms with E-state index < -0.39 is 11.7 Å². The summed E-state index contributed by atoms with van der Waals surface area (Å²) >= 11 is 0.889. The van der Waals surface area contributed by atoms with Gasteiger partial charge in [-0.1, -0.05) is 0 Å². The van der Waals surface area contributed by atoms with Crippen molar-refractivity contribution in [1.82, 2.24) is 0 Å². The van der Waals surface area contributed by atoms with Gasteiger partial charge in [-0.25, -0.2) is 0 Å². The summed E-state index contributed by atoms with van der Waals surface area (Å²) in [6.45, 7) is 0. The Balaban J connectivity index is 3.05. The molecular formula is C5H4F3NS. The molecule has 0 aromatic carbocycles. The van der Waals surface area contributed by atoms with Crippen molar-refractivity contribution in [3.05, 3.63) is 17.0 Å². The standard InChI is InChI=1S/C5H4F3NS/c6-5(7,8)3-1-2-10-4(3)9/h1-2H,9H2. The first kappa shape index (κ1) is 7.40. The highest BCUT2D eigenvalue weighted by molar-refractivity contribution is 7.14. The number of hydrogen-bond donors (Lipinski definition) is 1. The molecule has 5 heteroatoms. The Morgan fingerprint density at radius 2 is 2.00 bits per heavy atom. The van der Waals surface area contributed by atoms with Gasteiger partial charge in [0.25, 0.3) is 0 Å². The van der Waals surface area contributed by atoms with E-state index >= 15 is 0 Å². The summed E-state index contributed by atoms with van der Waals surface area (Å²) in [7, 11) is 0. The molecule has 1 aromatic heterocycles. The highest BCUT2D eigenvalue weighted by Crippen LogP contribution is 2.35. The molecule has 1 aromatic rings. The molecule has 0 saturated carbocycles. The Morgan fingerprint density at radius 3 is 2.20 bits per heavy atom. The van der Waals surface area contributed by atoms with Crippen LogP contribution in [0.5, 0.6) is 0 Å². The van der Waals surface area contributed by atoms with E-state index in [1.54, 1.807) is 0 Å². The number of nitrogens with two attached hydrogens (primary N) is 1. The summed E-state index contributed by atoms with van der Waals surface area (Å²) in [5.41, 5.74) is 4.29. The van der Waals surface area contributed by atoms with Crippen molar-refractivity contribution < 1.29 is 13.2 Å². The fourth-order valence-electron chi connectivity index (χ4n) is 0.555. The fraction of sp³-hybridized carbons (Fsp3) is 0.200. The quantitative estimate of drug-likeness (QED) is 0.630. The van der Waals surface area contributed by atoms with Crippen LogP contribution in [0.3, 0.4) is 0 Å². The molecule has 0 bridgehead atoms. The molecule has 1 rings (SSSR count). The third-order valence-corrected chi connectivity index (χ3v) is 1.75. The van der Waals surface area contributed by atoms with E-state index in [9.17, 15) is 13.2 Å². The molecular weight excluding hydrogens is 163 g/mol. The Kier molecular flexibility index (Phi) is 1.60. The SMILES string of the molecule is Nc1sccc1C(F)(F)F. The van der Waals surface area contributed by atoms with E-state index in [2.05, 4.69) is 0 Å². The van der Waals surface area contributed by atoms with Gasteiger partial charge in [0.05, 0.1) is 10.6 Å². The third kappa shape index (κ3) is 1.23. The maximum absolute atomic E-state index is 11.8. The predicted molar refractivity (Wildman–Crippen MR) is 33.7 cm³/mol. The topological polar surface area (TPSA) is 26.0 Å². The number of thiophene rings is 1. The smallest absolute Gasteiger partial charge is 0.390 e. The normalized spacial score (nSPS) is 11.9. The number of nitrogen functional groups attached to an aromatic ring is 1. The van der Waals surface area contributed by atoms with Gasteiger partial charge >= 0.3 is 6.18 Å². The summed E-state index contributed by atoms with van der Waals surface area (Å²) in [6.07, 6.45) is -4.30. The van der Waals surface area contributed by atoms with Crippen LogP contribution >= 0.6 is 11.3 Å². The van der Waals surface area contributed by atoms with E-state index in [1.165, 1.54) is 5.38 Å². The van der Waals surface area contributed by atoms with Crippen molar-refractivity contribution in [1.29, 1.82) is 0 Å². The van der Waals surface area contributed by atoms with E-state index in [1.807, 2.05) is 0 Å². The molecule has 2 N–H and O–H groups in total. The van der Waals surface area contributed by atoms with Gasteiger partial charge < -0.3 is 5.73 Å². The molecule has 0 radical (unpaired) electrons. The minimum Gasteiger partial charge on any atom is -0.390 e. The molecule has 1 nitrogen and oxygen atoms in total. The van der Waals surface area contributed by atoms with Crippen LogP contribution in [0, 0.1) is 0 Å². The van der Waals surface area contributed by atoms with Crippen molar-refractivity contribution in [3.63, 3.8) is 0 Å². The van der Waals surface area contributed by atoms with Gasteiger partial charge in [-0.15, -0.1) is 11.3 Å². The largest absolute Gasteiger partial charge is 0.419 e. The molecule has 0 amide bonds. The Morgan fingerprint density at radius 1 is 1.40 bits per heavy atom. The van der Waals surface area contributed by atoms with Gasteiger partial charge in [0.2, 0.25) is 0 Å². The van der Waals surface area contributed by atoms with Crippen LogP contribution in [-0.4, -0.2) is 0 Å². The summed E-state index contributed by atoms with van der Waals surface area (Å²) in [6, 6.07) is 0.972. The van der Waals surface area contributed by atoms with Crippen LogP contribution in [-0.2, 0) is 6.18 Å². The third-order valence-electron chi connectivity index (χ3n) is 1.00. The van der Waals surface area contributed by atoms with Crippen LogP contribution in [0.25, 0.3) is 0 Å². The Labute approximate surface area is 59.3 Å². The van der Waals surface area contributed by atoms with Crippen LogP contribution in [0.2, 0.25) is 0 Å². The highest BCUT2D eigenvalue weighted by Gasteiger charge is 2.33.